The van der Waals surface area contributed by atoms with Crippen LogP contribution in [0.2, 0.25) is 0 Å². The fourth-order valence-electron chi connectivity index (χ4n) is 5.07. The number of fused-ring (bicyclic) bond motifs is 2. The highest BCUT2D eigenvalue weighted by Gasteiger charge is 2.33. The molecule has 0 unspecified atom stereocenters. The highest BCUT2D eigenvalue weighted by atomic mass is 16.1. The minimum Gasteiger partial charge on any atom is -0.338 e. The maximum atomic E-state index is 12.7. The predicted octanol–water partition coefficient (Wildman–Crippen LogP) is 4.82. The minimum absolute atomic E-state index is 0.138. The average molecular weight is 389 g/mol. The summed E-state index contributed by atoms with van der Waals surface area (Å²) in [5, 5.41) is 3.10. The van der Waals surface area contributed by atoms with Crippen molar-refractivity contribution in [3.63, 3.8) is 0 Å². The van der Waals surface area contributed by atoms with Gasteiger partial charge in [0.1, 0.15) is 5.82 Å². The Morgan fingerprint density at radius 1 is 1.03 bits per heavy atom. The number of nitrogens with one attached hydrogen (secondary N) is 2. The van der Waals surface area contributed by atoms with Crippen LogP contribution in [-0.4, -0.2) is 39.9 Å². The number of aromatic nitrogens is 2. The molecule has 150 valence electrons. The third-order valence-electron chi connectivity index (χ3n) is 6.51. The second kappa shape index (κ2) is 7.99. The van der Waals surface area contributed by atoms with Crippen LogP contribution >= 0.6 is 0 Å². The van der Waals surface area contributed by atoms with Crippen LogP contribution in [0.15, 0.2) is 48.5 Å². The summed E-state index contributed by atoms with van der Waals surface area (Å²) < 4.78 is 0. The summed E-state index contributed by atoms with van der Waals surface area (Å²) >= 11 is 0. The van der Waals surface area contributed by atoms with Crippen LogP contribution in [0.4, 0.5) is 5.69 Å². The van der Waals surface area contributed by atoms with Crippen LogP contribution in [0.3, 0.4) is 0 Å². The van der Waals surface area contributed by atoms with Gasteiger partial charge >= 0.3 is 0 Å². The highest BCUT2D eigenvalue weighted by molar-refractivity contribution is 5.91. The lowest BCUT2D eigenvalue weighted by atomic mass is 9.81. The van der Waals surface area contributed by atoms with Gasteiger partial charge in [-0.2, -0.15) is 0 Å². The molecule has 2 atom stereocenters. The molecular formula is C24H28N4O. The zero-order valence-corrected chi connectivity index (χ0v) is 16.7. The van der Waals surface area contributed by atoms with Gasteiger partial charge in [0.15, 0.2) is 0 Å². The Kier molecular flexibility index (Phi) is 5.06. The van der Waals surface area contributed by atoms with Gasteiger partial charge < -0.3 is 15.2 Å². The van der Waals surface area contributed by atoms with Gasteiger partial charge in [-0.15, -0.1) is 0 Å². The van der Waals surface area contributed by atoms with E-state index in [0.29, 0.717) is 18.4 Å². The van der Waals surface area contributed by atoms with E-state index in [1.807, 2.05) is 48.5 Å². The van der Waals surface area contributed by atoms with Crippen LogP contribution in [0.1, 0.15) is 38.5 Å². The van der Waals surface area contributed by atoms with Gasteiger partial charge in [-0.3, -0.25) is 4.79 Å². The molecule has 2 aromatic carbocycles. The summed E-state index contributed by atoms with van der Waals surface area (Å²) in [6, 6.07) is 16.6. The zero-order chi connectivity index (χ0) is 19.6. The van der Waals surface area contributed by atoms with Crippen molar-refractivity contribution >= 4 is 22.6 Å². The fraction of sp³-hybridized carbons (Fsp3) is 0.417. The number of piperidine rings is 2. The molecule has 0 radical (unpaired) electrons. The molecule has 0 saturated carbocycles. The lowest BCUT2D eigenvalue weighted by Crippen LogP contribution is -2.48. The monoisotopic (exact) mass is 388 g/mol. The molecule has 2 aliphatic heterocycles. The number of carbonyl (C=O) groups is 1. The maximum Gasteiger partial charge on any atom is 0.224 e. The molecular weight excluding hydrogens is 360 g/mol. The number of H-pyrrole nitrogens is 1. The van der Waals surface area contributed by atoms with Gasteiger partial charge in [0.25, 0.3) is 0 Å². The van der Waals surface area contributed by atoms with E-state index in [0.717, 1.165) is 28.1 Å². The van der Waals surface area contributed by atoms with Crippen LogP contribution < -0.4 is 5.32 Å². The van der Waals surface area contributed by atoms with Crippen LogP contribution in [0.25, 0.3) is 22.4 Å². The molecule has 0 spiro atoms. The molecule has 29 heavy (non-hydrogen) atoms. The summed E-state index contributed by atoms with van der Waals surface area (Å²) in [7, 11) is 0. The van der Waals surface area contributed by atoms with E-state index in [2.05, 4.69) is 20.2 Å². The standard InChI is InChI=1S/C24H28N4O/c29-23(16-18-6-5-15-28-14-4-3-9-22(18)28)25-19-12-10-17(11-13-19)24-26-20-7-1-2-8-21(20)27-24/h1-2,7-8,10-13,18,22H,3-6,9,14-16H2,(H,25,29)(H,26,27)/t18-,22+/m0/s1. The van der Waals surface area contributed by atoms with Gasteiger partial charge in [-0.05, 0) is 81.1 Å². The van der Waals surface area contributed by atoms with E-state index in [9.17, 15) is 4.79 Å². The van der Waals surface area contributed by atoms with Crippen LogP contribution in [0.5, 0.6) is 0 Å². The van der Waals surface area contributed by atoms with E-state index in [1.165, 1.54) is 45.2 Å². The predicted molar refractivity (Wildman–Crippen MR) is 117 cm³/mol. The first-order valence-corrected chi connectivity index (χ1v) is 10.9. The Morgan fingerprint density at radius 2 is 1.86 bits per heavy atom. The highest BCUT2D eigenvalue weighted by Crippen LogP contribution is 2.33. The zero-order valence-electron chi connectivity index (χ0n) is 16.7. The van der Waals surface area contributed by atoms with Gasteiger partial charge in [0, 0.05) is 23.7 Å². The molecule has 0 aliphatic carbocycles. The van der Waals surface area contributed by atoms with Crippen LogP contribution in [-0.2, 0) is 4.79 Å². The summed E-state index contributed by atoms with van der Waals surface area (Å²) in [4.78, 5) is 23.3. The van der Waals surface area contributed by atoms with Gasteiger partial charge in [-0.25, -0.2) is 4.98 Å². The first-order valence-electron chi connectivity index (χ1n) is 10.9. The van der Waals surface area contributed by atoms with E-state index in [1.54, 1.807) is 0 Å². The third-order valence-corrected chi connectivity index (χ3v) is 6.51. The molecule has 2 aliphatic rings. The molecule has 2 N–H and O–H groups in total. The Labute approximate surface area is 171 Å². The van der Waals surface area contributed by atoms with E-state index >= 15 is 0 Å². The molecule has 3 aromatic rings. The van der Waals surface area contributed by atoms with E-state index in [4.69, 9.17) is 0 Å². The first kappa shape index (κ1) is 18.4. The number of carbonyl (C=O) groups excluding carboxylic acids is 1. The smallest absolute Gasteiger partial charge is 0.224 e. The van der Waals surface area contributed by atoms with Gasteiger partial charge in [-0.1, -0.05) is 18.6 Å². The fourth-order valence-corrected chi connectivity index (χ4v) is 5.07. The Bertz CT molecular complexity index is 959. The largest absolute Gasteiger partial charge is 0.338 e. The van der Waals surface area contributed by atoms with Crippen molar-refractivity contribution in [1.82, 2.24) is 14.9 Å². The molecule has 5 heteroatoms. The number of hydrogen-bond acceptors (Lipinski definition) is 3. The van der Waals surface area contributed by atoms with Crippen molar-refractivity contribution in [2.75, 3.05) is 18.4 Å². The van der Waals surface area contributed by atoms with Gasteiger partial charge in [0.2, 0.25) is 5.91 Å². The normalized spacial score (nSPS) is 22.3. The lowest BCUT2D eigenvalue weighted by Gasteiger charge is -2.44. The topological polar surface area (TPSA) is 61.0 Å². The van der Waals surface area contributed by atoms with Crippen molar-refractivity contribution < 1.29 is 4.79 Å². The average Bonchev–Trinajstić information content (AvgIpc) is 3.19. The number of para-hydroxylation sites is 2. The van der Waals surface area contributed by atoms with E-state index in [-0.39, 0.29) is 5.91 Å². The second-order valence-corrected chi connectivity index (χ2v) is 8.43. The Balaban J connectivity index is 1.23. The van der Waals surface area contributed by atoms with Crippen LogP contribution in [0, 0.1) is 5.92 Å². The first-order chi connectivity index (χ1) is 14.3. The van der Waals surface area contributed by atoms with Crippen molar-refractivity contribution in [1.29, 1.82) is 0 Å². The number of imidazole rings is 1. The summed E-state index contributed by atoms with van der Waals surface area (Å²) in [5.74, 6) is 1.49. The maximum absolute atomic E-state index is 12.7. The molecule has 1 amide bonds. The van der Waals surface area contributed by atoms with Crippen molar-refractivity contribution in [2.24, 2.45) is 5.92 Å². The molecule has 3 heterocycles. The van der Waals surface area contributed by atoms with Crippen molar-refractivity contribution in [2.45, 2.75) is 44.6 Å². The molecule has 5 rings (SSSR count). The SMILES string of the molecule is O=C(C[C@@H]1CCCN2CCCC[C@H]12)Nc1ccc(-c2nc3ccccc3[nH]2)cc1. The number of rotatable bonds is 4. The quantitative estimate of drug-likeness (QED) is 0.673. The van der Waals surface area contributed by atoms with Crippen molar-refractivity contribution in [3.8, 4) is 11.4 Å². The number of nitrogens with zero attached hydrogens (tertiary/aromatic N) is 2. The Hall–Kier alpha value is -2.66. The molecule has 1 aromatic heterocycles. The lowest BCUT2D eigenvalue weighted by molar-refractivity contribution is -0.118. The number of hydrogen-bond donors (Lipinski definition) is 2. The number of aromatic amines is 1. The minimum atomic E-state index is 0.138. The Morgan fingerprint density at radius 3 is 2.72 bits per heavy atom. The molecule has 0 bridgehead atoms. The van der Waals surface area contributed by atoms with E-state index < -0.39 is 0 Å². The summed E-state index contributed by atoms with van der Waals surface area (Å²) in [6.07, 6.45) is 6.91. The number of benzene rings is 2. The summed E-state index contributed by atoms with van der Waals surface area (Å²) in [5.41, 5.74) is 3.86. The third kappa shape index (κ3) is 3.92. The molecule has 5 nitrogen and oxygen atoms in total. The summed E-state index contributed by atoms with van der Waals surface area (Å²) in [6.45, 7) is 2.43. The second-order valence-electron chi connectivity index (χ2n) is 8.43. The number of anilines is 1. The molecule has 2 fully saturated rings. The number of amides is 1. The van der Waals surface area contributed by atoms with Crippen molar-refractivity contribution in [3.05, 3.63) is 48.5 Å². The molecule has 2 saturated heterocycles. The van der Waals surface area contributed by atoms with Gasteiger partial charge in [0.05, 0.1) is 11.0 Å².